The summed E-state index contributed by atoms with van der Waals surface area (Å²) in [6.45, 7) is 5.93. The van der Waals surface area contributed by atoms with Crippen molar-refractivity contribution < 1.29 is 19.4 Å². The summed E-state index contributed by atoms with van der Waals surface area (Å²) in [5.74, 6) is -0.000957. The Hall–Kier alpha value is -2.08. The fraction of sp³-hybridized carbons (Fsp3) is 0.500. The van der Waals surface area contributed by atoms with Crippen LogP contribution in [0.4, 0.5) is 16.2 Å². The molecular formula is C16H22N2O4. The van der Waals surface area contributed by atoms with E-state index < -0.39 is 11.7 Å². The number of amides is 2. The van der Waals surface area contributed by atoms with Crippen LogP contribution in [0.1, 0.15) is 27.2 Å². The summed E-state index contributed by atoms with van der Waals surface area (Å²) < 4.78 is 5.17. The molecule has 1 aliphatic heterocycles. The van der Waals surface area contributed by atoms with Crippen LogP contribution in [-0.4, -0.2) is 35.9 Å². The molecule has 1 heterocycles. The summed E-state index contributed by atoms with van der Waals surface area (Å²) in [4.78, 5) is 25.2. The molecule has 1 aromatic rings. The van der Waals surface area contributed by atoms with Gasteiger partial charge >= 0.3 is 6.09 Å². The average Bonchev–Trinajstić information content (AvgIpc) is 2.79. The predicted molar refractivity (Wildman–Crippen MR) is 83.8 cm³/mol. The van der Waals surface area contributed by atoms with Crippen molar-refractivity contribution in [3.05, 3.63) is 24.3 Å². The number of benzene rings is 1. The monoisotopic (exact) mass is 306 g/mol. The molecule has 120 valence electrons. The van der Waals surface area contributed by atoms with Gasteiger partial charge in [0.2, 0.25) is 5.91 Å². The Morgan fingerprint density at radius 2 is 2.00 bits per heavy atom. The smallest absolute Gasteiger partial charge is 0.412 e. The molecule has 1 saturated heterocycles. The molecule has 6 nitrogen and oxygen atoms in total. The van der Waals surface area contributed by atoms with Gasteiger partial charge in [-0.25, -0.2) is 4.79 Å². The fourth-order valence-electron chi connectivity index (χ4n) is 2.30. The van der Waals surface area contributed by atoms with Gasteiger partial charge in [-0.2, -0.15) is 0 Å². The fourth-order valence-corrected chi connectivity index (χ4v) is 2.30. The van der Waals surface area contributed by atoms with E-state index in [1.165, 1.54) is 0 Å². The second-order valence-corrected chi connectivity index (χ2v) is 6.43. The Morgan fingerprint density at radius 1 is 1.36 bits per heavy atom. The summed E-state index contributed by atoms with van der Waals surface area (Å²) in [5.41, 5.74) is 0.810. The largest absolute Gasteiger partial charge is 0.444 e. The number of aliphatic hydroxyl groups is 1. The molecule has 0 radical (unpaired) electrons. The Labute approximate surface area is 130 Å². The molecule has 1 aromatic carbocycles. The minimum absolute atomic E-state index is 0.00639. The van der Waals surface area contributed by atoms with Crippen molar-refractivity contribution >= 4 is 23.4 Å². The van der Waals surface area contributed by atoms with Crippen molar-refractivity contribution in [3.8, 4) is 0 Å². The van der Waals surface area contributed by atoms with Crippen molar-refractivity contribution in [1.82, 2.24) is 0 Å². The second-order valence-electron chi connectivity index (χ2n) is 6.43. The van der Waals surface area contributed by atoms with Crippen molar-refractivity contribution in [2.24, 2.45) is 5.92 Å². The maximum absolute atomic E-state index is 11.9. The van der Waals surface area contributed by atoms with Gasteiger partial charge in [0.1, 0.15) is 5.60 Å². The molecule has 0 aromatic heterocycles. The molecule has 0 spiro atoms. The number of ether oxygens (including phenoxy) is 1. The molecule has 0 aliphatic carbocycles. The second kappa shape index (κ2) is 6.36. The van der Waals surface area contributed by atoms with E-state index in [9.17, 15) is 9.59 Å². The van der Waals surface area contributed by atoms with E-state index in [-0.39, 0.29) is 18.4 Å². The SMILES string of the molecule is CC(C)(C)OC(=O)Nc1ccc(N2CC(CO)CC2=O)cc1. The van der Waals surface area contributed by atoms with Gasteiger partial charge in [-0.3, -0.25) is 10.1 Å². The van der Waals surface area contributed by atoms with Gasteiger partial charge < -0.3 is 14.7 Å². The minimum Gasteiger partial charge on any atom is -0.444 e. The average molecular weight is 306 g/mol. The van der Waals surface area contributed by atoms with Gasteiger partial charge in [-0.15, -0.1) is 0 Å². The maximum Gasteiger partial charge on any atom is 0.412 e. The standard InChI is InChI=1S/C16H22N2O4/c1-16(2,3)22-15(21)17-12-4-6-13(7-5-12)18-9-11(10-19)8-14(18)20/h4-7,11,19H,8-10H2,1-3H3,(H,17,21). The summed E-state index contributed by atoms with van der Waals surface area (Å²) in [6.07, 6.45) is -0.146. The van der Waals surface area contributed by atoms with Crippen LogP contribution in [0, 0.1) is 5.92 Å². The van der Waals surface area contributed by atoms with Crippen LogP contribution in [0.2, 0.25) is 0 Å². The molecule has 1 atom stereocenters. The van der Waals surface area contributed by atoms with Crippen molar-refractivity contribution in [2.75, 3.05) is 23.4 Å². The number of nitrogens with one attached hydrogen (secondary N) is 1. The third-order valence-electron chi connectivity index (χ3n) is 3.29. The van der Waals surface area contributed by atoms with E-state index in [0.29, 0.717) is 18.7 Å². The van der Waals surface area contributed by atoms with E-state index in [1.54, 1.807) is 49.9 Å². The first-order valence-corrected chi connectivity index (χ1v) is 7.30. The van der Waals surface area contributed by atoms with Crippen LogP contribution in [-0.2, 0) is 9.53 Å². The Kier molecular flexibility index (Phi) is 4.71. The molecule has 0 saturated carbocycles. The summed E-state index contributed by atoms with van der Waals surface area (Å²) in [5, 5.41) is 11.8. The van der Waals surface area contributed by atoms with E-state index in [1.807, 2.05) is 0 Å². The van der Waals surface area contributed by atoms with Gasteiger partial charge in [0.15, 0.2) is 0 Å². The van der Waals surface area contributed by atoms with Crippen LogP contribution in [0.25, 0.3) is 0 Å². The zero-order valence-corrected chi connectivity index (χ0v) is 13.1. The maximum atomic E-state index is 11.9. The normalized spacial score (nSPS) is 18.5. The first-order chi connectivity index (χ1) is 10.3. The third-order valence-corrected chi connectivity index (χ3v) is 3.29. The lowest BCUT2D eigenvalue weighted by Crippen LogP contribution is -2.27. The summed E-state index contributed by atoms with van der Waals surface area (Å²) in [7, 11) is 0. The van der Waals surface area contributed by atoms with Crippen molar-refractivity contribution in [3.63, 3.8) is 0 Å². The van der Waals surface area contributed by atoms with E-state index >= 15 is 0 Å². The van der Waals surface area contributed by atoms with Crippen LogP contribution in [0.15, 0.2) is 24.3 Å². The number of hydrogen-bond acceptors (Lipinski definition) is 4. The molecular weight excluding hydrogens is 284 g/mol. The van der Waals surface area contributed by atoms with Gasteiger partial charge in [-0.1, -0.05) is 0 Å². The lowest BCUT2D eigenvalue weighted by atomic mass is 10.1. The van der Waals surface area contributed by atoms with E-state index in [4.69, 9.17) is 9.84 Å². The molecule has 2 rings (SSSR count). The molecule has 0 bridgehead atoms. The zero-order valence-electron chi connectivity index (χ0n) is 13.1. The van der Waals surface area contributed by atoms with E-state index in [2.05, 4.69) is 5.32 Å². The molecule has 1 unspecified atom stereocenters. The van der Waals surface area contributed by atoms with E-state index in [0.717, 1.165) is 5.69 Å². The third kappa shape index (κ3) is 4.21. The lowest BCUT2D eigenvalue weighted by Gasteiger charge is -2.20. The first kappa shape index (κ1) is 16.3. The van der Waals surface area contributed by atoms with Gasteiger partial charge in [0.25, 0.3) is 0 Å². The van der Waals surface area contributed by atoms with Crippen molar-refractivity contribution in [1.29, 1.82) is 0 Å². The molecule has 2 N–H and O–H groups in total. The van der Waals surface area contributed by atoms with Crippen LogP contribution in [0.3, 0.4) is 0 Å². The van der Waals surface area contributed by atoms with Gasteiger partial charge in [0.05, 0.1) is 0 Å². The number of carbonyl (C=O) groups is 2. The summed E-state index contributed by atoms with van der Waals surface area (Å²) in [6, 6.07) is 6.98. The number of nitrogens with zero attached hydrogens (tertiary/aromatic N) is 1. The molecule has 22 heavy (non-hydrogen) atoms. The van der Waals surface area contributed by atoms with Crippen LogP contribution in [0.5, 0.6) is 0 Å². The highest BCUT2D eigenvalue weighted by Gasteiger charge is 2.29. The minimum atomic E-state index is -0.550. The first-order valence-electron chi connectivity index (χ1n) is 7.30. The number of hydrogen-bond donors (Lipinski definition) is 2. The quantitative estimate of drug-likeness (QED) is 0.898. The molecule has 1 fully saturated rings. The highest BCUT2D eigenvalue weighted by molar-refractivity contribution is 5.96. The Bertz CT molecular complexity index is 548. The Balaban J connectivity index is 1.99. The van der Waals surface area contributed by atoms with Crippen LogP contribution >= 0.6 is 0 Å². The molecule has 6 heteroatoms. The number of carbonyl (C=O) groups excluding carboxylic acids is 2. The highest BCUT2D eigenvalue weighted by atomic mass is 16.6. The number of anilines is 2. The predicted octanol–water partition coefficient (Wildman–Crippen LogP) is 2.38. The zero-order chi connectivity index (χ0) is 16.3. The number of rotatable bonds is 3. The topological polar surface area (TPSA) is 78.9 Å². The molecule has 2 amide bonds. The van der Waals surface area contributed by atoms with Crippen LogP contribution < -0.4 is 10.2 Å². The van der Waals surface area contributed by atoms with Gasteiger partial charge in [0, 0.05) is 36.9 Å². The van der Waals surface area contributed by atoms with Crippen molar-refractivity contribution in [2.45, 2.75) is 32.8 Å². The lowest BCUT2D eigenvalue weighted by molar-refractivity contribution is -0.117. The number of aliphatic hydroxyl groups excluding tert-OH is 1. The highest BCUT2D eigenvalue weighted by Crippen LogP contribution is 2.26. The summed E-state index contributed by atoms with van der Waals surface area (Å²) >= 11 is 0. The Morgan fingerprint density at radius 3 is 2.50 bits per heavy atom. The van der Waals surface area contributed by atoms with Gasteiger partial charge in [-0.05, 0) is 45.0 Å². The molecule has 1 aliphatic rings.